The van der Waals surface area contributed by atoms with Crippen molar-refractivity contribution in [1.82, 2.24) is 9.78 Å². The van der Waals surface area contributed by atoms with Gasteiger partial charge in [0.05, 0.1) is 18.5 Å². The minimum atomic E-state index is -0.482. The van der Waals surface area contributed by atoms with E-state index in [1.54, 1.807) is 23.6 Å². The quantitative estimate of drug-likeness (QED) is 0.593. The molecule has 1 N–H and O–H groups in total. The van der Waals surface area contributed by atoms with Crippen LogP contribution in [0.15, 0.2) is 52.6 Å². The van der Waals surface area contributed by atoms with Crippen molar-refractivity contribution in [3.05, 3.63) is 68.9 Å². The highest BCUT2D eigenvalue weighted by atomic mass is 32.1. The number of carbonyl (C=O) groups is 2. The highest BCUT2D eigenvalue weighted by Gasteiger charge is 2.27. The van der Waals surface area contributed by atoms with Gasteiger partial charge in [-0.2, -0.15) is 4.68 Å². The van der Waals surface area contributed by atoms with E-state index in [4.69, 9.17) is 4.74 Å². The molecule has 2 aromatic heterocycles. The monoisotopic (exact) mass is 456 g/mol. The number of piperidine rings is 1. The number of halogens is 1. The molecule has 1 aromatic carbocycles. The molecule has 0 unspecified atom stereocenters. The lowest BCUT2D eigenvalue weighted by atomic mass is 9.96. The lowest BCUT2D eigenvalue weighted by molar-refractivity contribution is -0.120. The Labute approximate surface area is 187 Å². The van der Waals surface area contributed by atoms with Gasteiger partial charge >= 0.3 is 5.97 Å². The third-order valence-corrected chi connectivity index (χ3v) is 6.22. The van der Waals surface area contributed by atoms with Gasteiger partial charge in [-0.05, 0) is 48.6 Å². The average molecular weight is 456 g/mol. The number of nitrogens with zero attached hydrogens (tertiary/aromatic N) is 3. The Balaban J connectivity index is 1.42. The molecule has 0 bridgehead atoms. The van der Waals surface area contributed by atoms with Crippen molar-refractivity contribution >= 4 is 34.7 Å². The minimum absolute atomic E-state index is 0.147. The molecule has 1 fully saturated rings. The summed E-state index contributed by atoms with van der Waals surface area (Å²) in [6.07, 6.45) is 1.18. The standard InChI is InChI=1S/C22H21FN4O4S/c1-31-22(30)20-17(9-12-32-20)24-21(29)14-7-10-26(11-8-14)18-5-6-19(28)27(25-18)16-4-2-3-15(23)13-16/h2-6,9,12-14H,7-8,10-11H2,1H3,(H,24,29). The third kappa shape index (κ3) is 4.54. The Morgan fingerprint density at radius 3 is 2.69 bits per heavy atom. The highest BCUT2D eigenvalue weighted by molar-refractivity contribution is 7.12. The second-order valence-electron chi connectivity index (χ2n) is 7.33. The van der Waals surface area contributed by atoms with Gasteiger partial charge in [0.1, 0.15) is 16.5 Å². The van der Waals surface area contributed by atoms with Crippen LogP contribution in [0.5, 0.6) is 0 Å². The summed E-state index contributed by atoms with van der Waals surface area (Å²) in [6, 6.07) is 10.4. The summed E-state index contributed by atoms with van der Waals surface area (Å²) in [7, 11) is 1.30. The Kier molecular flexibility index (Phi) is 6.31. The number of benzene rings is 1. The summed E-state index contributed by atoms with van der Waals surface area (Å²) < 4.78 is 19.5. The van der Waals surface area contributed by atoms with E-state index in [9.17, 15) is 18.8 Å². The topological polar surface area (TPSA) is 93.5 Å². The first-order chi connectivity index (χ1) is 15.5. The van der Waals surface area contributed by atoms with Crippen LogP contribution < -0.4 is 15.8 Å². The van der Waals surface area contributed by atoms with Gasteiger partial charge in [0.2, 0.25) is 5.91 Å². The number of ether oxygens (including phenoxy) is 1. The van der Waals surface area contributed by atoms with Gasteiger partial charge in [-0.25, -0.2) is 9.18 Å². The Morgan fingerprint density at radius 1 is 1.19 bits per heavy atom. The van der Waals surface area contributed by atoms with Gasteiger partial charge in [-0.15, -0.1) is 16.4 Å². The Morgan fingerprint density at radius 2 is 1.97 bits per heavy atom. The number of amides is 1. The summed E-state index contributed by atoms with van der Waals surface area (Å²) in [6.45, 7) is 1.14. The van der Waals surface area contributed by atoms with Crippen LogP contribution in [0.4, 0.5) is 15.9 Å². The maximum absolute atomic E-state index is 13.6. The van der Waals surface area contributed by atoms with Crippen molar-refractivity contribution in [2.45, 2.75) is 12.8 Å². The zero-order valence-electron chi connectivity index (χ0n) is 17.3. The molecule has 1 saturated heterocycles. The number of thiophene rings is 1. The van der Waals surface area contributed by atoms with Crippen LogP contribution in [0.25, 0.3) is 5.69 Å². The van der Waals surface area contributed by atoms with Crippen LogP contribution in [0.3, 0.4) is 0 Å². The highest BCUT2D eigenvalue weighted by Crippen LogP contribution is 2.26. The van der Waals surface area contributed by atoms with E-state index < -0.39 is 11.8 Å². The van der Waals surface area contributed by atoms with Crippen LogP contribution >= 0.6 is 11.3 Å². The molecule has 0 saturated carbocycles. The van der Waals surface area contributed by atoms with Crippen molar-refractivity contribution in [2.24, 2.45) is 5.92 Å². The number of esters is 1. The predicted molar refractivity (Wildman–Crippen MR) is 119 cm³/mol. The zero-order valence-corrected chi connectivity index (χ0v) is 18.1. The zero-order chi connectivity index (χ0) is 22.7. The van der Waals surface area contributed by atoms with Crippen molar-refractivity contribution in [3.8, 4) is 5.69 Å². The molecule has 1 aliphatic rings. The lowest BCUT2D eigenvalue weighted by Crippen LogP contribution is -2.39. The average Bonchev–Trinajstić information content (AvgIpc) is 3.27. The Bertz CT molecular complexity index is 1200. The fourth-order valence-corrected chi connectivity index (χ4v) is 4.39. The van der Waals surface area contributed by atoms with Crippen LogP contribution in [-0.2, 0) is 9.53 Å². The molecule has 3 aromatic rings. The number of methoxy groups -OCH3 is 1. The summed E-state index contributed by atoms with van der Waals surface area (Å²) in [5, 5.41) is 8.95. The molecule has 0 spiro atoms. The second-order valence-corrected chi connectivity index (χ2v) is 8.24. The van der Waals surface area contributed by atoms with E-state index in [0.29, 0.717) is 48.0 Å². The molecule has 166 valence electrons. The van der Waals surface area contributed by atoms with Gasteiger partial charge in [0.25, 0.3) is 5.56 Å². The fourth-order valence-electron chi connectivity index (χ4n) is 3.63. The van der Waals surface area contributed by atoms with E-state index in [1.165, 1.54) is 47.4 Å². The van der Waals surface area contributed by atoms with Crippen LogP contribution in [0, 0.1) is 11.7 Å². The number of aromatic nitrogens is 2. The molecule has 0 aliphatic carbocycles. The van der Waals surface area contributed by atoms with Crippen molar-refractivity contribution in [2.75, 3.05) is 30.4 Å². The molecule has 1 aliphatic heterocycles. The predicted octanol–water partition coefficient (Wildman–Crippen LogP) is 3.07. The fraction of sp³-hybridized carbons (Fsp3) is 0.273. The first kappa shape index (κ1) is 21.7. The van der Waals surface area contributed by atoms with E-state index in [1.807, 2.05) is 4.90 Å². The number of anilines is 2. The van der Waals surface area contributed by atoms with Gasteiger partial charge in [0, 0.05) is 25.1 Å². The van der Waals surface area contributed by atoms with E-state index in [-0.39, 0.29) is 17.4 Å². The summed E-state index contributed by atoms with van der Waals surface area (Å²) in [5.74, 6) is -0.714. The smallest absolute Gasteiger partial charge is 0.350 e. The summed E-state index contributed by atoms with van der Waals surface area (Å²) in [4.78, 5) is 39.1. The second kappa shape index (κ2) is 9.31. The molecule has 1 amide bonds. The number of carbonyl (C=O) groups excluding carboxylic acids is 2. The van der Waals surface area contributed by atoms with Gasteiger partial charge in [-0.3, -0.25) is 9.59 Å². The molecule has 32 heavy (non-hydrogen) atoms. The Hall–Kier alpha value is -3.53. The van der Waals surface area contributed by atoms with Gasteiger partial charge in [0.15, 0.2) is 0 Å². The van der Waals surface area contributed by atoms with E-state index in [0.717, 1.165) is 0 Å². The molecular formula is C22H21FN4O4S. The summed E-state index contributed by atoms with van der Waals surface area (Å²) >= 11 is 1.21. The number of nitrogens with one attached hydrogen (secondary N) is 1. The minimum Gasteiger partial charge on any atom is -0.465 e. The molecule has 10 heteroatoms. The van der Waals surface area contributed by atoms with Gasteiger partial charge in [-0.1, -0.05) is 6.07 Å². The molecule has 3 heterocycles. The largest absolute Gasteiger partial charge is 0.465 e. The number of hydrogen-bond acceptors (Lipinski definition) is 7. The maximum Gasteiger partial charge on any atom is 0.350 e. The lowest BCUT2D eigenvalue weighted by Gasteiger charge is -2.32. The van der Waals surface area contributed by atoms with E-state index >= 15 is 0 Å². The maximum atomic E-state index is 13.6. The number of hydrogen-bond donors (Lipinski definition) is 1. The SMILES string of the molecule is COC(=O)c1sccc1NC(=O)C1CCN(c2ccc(=O)n(-c3cccc(F)c3)n2)CC1. The van der Waals surface area contributed by atoms with Crippen LogP contribution in [0.2, 0.25) is 0 Å². The van der Waals surface area contributed by atoms with E-state index in [2.05, 4.69) is 10.4 Å². The molecule has 0 atom stereocenters. The third-order valence-electron chi connectivity index (χ3n) is 5.32. The van der Waals surface area contributed by atoms with Crippen molar-refractivity contribution in [3.63, 3.8) is 0 Å². The first-order valence-corrected chi connectivity index (χ1v) is 10.9. The molecule has 4 rings (SSSR count). The van der Waals surface area contributed by atoms with Gasteiger partial charge < -0.3 is 15.0 Å². The molecule has 8 nitrogen and oxygen atoms in total. The van der Waals surface area contributed by atoms with Crippen molar-refractivity contribution in [1.29, 1.82) is 0 Å². The first-order valence-electron chi connectivity index (χ1n) is 10.0. The summed E-state index contributed by atoms with van der Waals surface area (Å²) in [5.41, 5.74) is 0.451. The van der Waals surface area contributed by atoms with Crippen LogP contribution in [0.1, 0.15) is 22.5 Å². The van der Waals surface area contributed by atoms with Crippen molar-refractivity contribution < 1.29 is 18.7 Å². The molecular weight excluding hydrogens is 435 g/mol. The molecule has 0 radical (unpaired) electrons. The number of rotatable bonds is 5. The van der Waals surface area contributed by atoms with Crippen LogP contribution in [-0.4, -0.2) is 41.9 Å². The normalized spacial score (nSPS) is 14.2.